The summed E-state index contributed by atoms with van der Waals surface area (Å²) in [7, 11) is 0. The fraction of sp³-hybridized carbons (Fsp3) is 0.250. The van der Waals surface area contributed by atoms with E-state index in [1.54, 1.807) is 0 Å². The van der Waals surface area contributed by atoms with Gasteiger partial charge in [-0.15, -0.1) is 0 Å². The van der Waals surface area contributed by atoms with E-state index in [0.29, 0.717) is 6.42 Å². The summed E-state index contributed by atoms with van der Waals surface area (Å²) in [4.78, 5) is 0. The van der Waals surface area contributed by atoms with Gasteiger partial charge in [-0.2, -0.15) is 0 Å². The third-order valence-electron chi connectivity index (χ3n) is 5.68. The van der Waals surface area contributed by atoms with E-state index in [1.165, 1.54) is 32.6 Å². The van der Waals surface area contributed by atoms with Crippen LogP contribution in [0.4, 0.5) is 0 Å². The van der Waals surface area contributed by atoms with Gasteiger partial charge in [-0.25, -0.2) is 0 Å². The van der Waals surface area contributed by atoms with Crippen molar-refractivity contribution in [1.82, 2.24) is 0 Å². The van der Waals surface area contributed by atoms with E-state index in [-0.39, 0.29) is 0 Å². The van der Waals surface area contributed by atoms with Gasteiger partial charge in [0.2, 0.25) is 0 Å². The Kier molecular flexibility index (Phi) is 5.64. The number of hydrogen-bond donors (Lipinski definition) is 1. The van der Waals surface area contributed by atoms with Crippen molar-refractivity contribution in [3.63, 3.8) is 0 Å². The number of benzene rings is 3. The molecule has 3 heteroatoms. The standard InChI is InChI=1S/C24H28BrOP/c1-5-24(26)27(25,21-15-9-6-12-18(21)2,22-16-10-7-13-19(22)3)23-17-11-8-14-20(23)4/h6-17,24,26H,5H2,1-4H3. The zero-order valence-corrected chi connectivity index (χ0v) is 19.0. The minimum atomic E-state index is -3.31. The first-order valence-corrected chi connectivity index (χ1v) is 13.8. The molecule has 3 aromatic rings. The maximum absolute atomic E-state index is 11.8. The van der Waals surface area contributed by atoms with Crippen LogP contribution in [0.25, 0.3) is 0 Å². The van der Waals surface area contributed by atoms with Gasteiger partial charge in [0.15, 0.2) is 0 Å². The molecule has 0 saturated carbocycles. The van der Waals surface area contributed by atoms with Crippen LogP contribution in [0.1, 0.15) is 30.0 Å². The molecular weight excluding hydrogens is 415 g/mol. The Labute approximate surface area is 171 Å². The average molecular weight is 443 g/mol. The summed E-state index contributed by atoms with van der Waals surface area (Å²) < 4.78 is 0. The van der Waals surface area contributed by atoms with Crippen LogP contribution in [0.5, 0.6) is 0 Å². The molecule has 0 bridgehead atoms. The maximum atomic E-state index is 11.8. The number of rotatable bonds is 5. The summed E-state index contributed by atoms with van der Waals surface area (Å²) in [6.45, 7) is 8.52. The van der Waals surface area contributed by atoms with Gasteiger partial charge >= 0.3 is 171 Å². The van der Waals surface area contributed by atoms with E-state index < -0.39 is 11.2 Å². The van der Waals surface area contributed by atoms with Gasteiger partial charge in [0, 0.05) is 0 Å². The first-order chi connectivity index (χ1) is 12.9. The van der Waals surface area contributed by atoms with Gasteiger partial charge < -0.3 is 0 Å². The summed E-state index contributed by atoms with van der Waals surface area (Å²) in [6.07, 6.45) is 0.667. The van der Waals surface area contributed by atoms with E-state index in [1.807, 2.05) is 0 Å². The van der Waals surface area contributed by atoms with Crippen LogP contribution in [0.3, 0.4) is 0 Å². The third-order valence-corrected chi connectivity index (χ3v) is 16.4. The molecular formula is C24H28BrOP. The molecule has 1 atom stereocenters. The number of halogens is 1. The molecule has 1 unspecified atom stereocenters. The molecule has 0 aliphatic carbocycles. The van der Waals surface area contributed by atoms with E-state index in [4.69, 9.17) is 0 Å². The predicted molar refractivity (Wildman–Crippen MR) is 125 cm³/mol. The van der Waals surface area contributed by atoms with Crippen molar-refractivity contribution in [2.45, 2.75) is 40.0 Å². The molecule has 0 radical (unpaired) electrons. The van der Waals surface area contributed by atoms with Crippen molar-refractivity contribution < 1.29 is 5.11 Å². The van der Waals surface area contributed by atoms with Crippen LogP contribution in [-0.2, 0) is 0 Å². The Morgan fingerprint density at radius 2 is 1.00 bits per heavy atom. The second-order valence-electron chi connectivity index (χ2n) is 7.32. The molecule has 1 nitrogen and oxygen atoms in total. The van der Waals surface area contributed by atoms with Crippen LogP contribution in [0, 0.1) is 20.8 Å². The third kappa shape index (κ3) is 2.90. The fourth-order valence-electron chi connectivity index (χ4n) is 4.38. The Balaban J connectivity index is 2.62. The number of aliphatic hydroxyl groups excluding tert-OH is 1. The normalized spacial score (nSPS) is 14.4. The molecule has 0 aromatic heterocycles. The van der Waals surface area contributed by atoms with Crippen molar-refractivity contribution >= 4 is 36.7 Å². The number of aliphatic hydroxyl groups is 1. The number of hydrogen-bond acceptors (Lipinski definition) is 1. The molecule has 0 amide bonds. The quantitative estimate of drug-likeness (QED) is 0.518. The zero-order valence-electron chi connectivity index (χ0n) is 16.5. The summed E-state index contributed by atoms with van der Waals surface area (Å²) in [5, 5.41) is 12.1. The first-order valence-electron chi connectivity index (χ1n) is 9.45. The molecule has 3 rings (SSSR count). The monoisotopic (exact) mass is 442 g/mol. The van der Waals surface area contributed by atoms with E-state index in [9.17, 15) is 5.11 Å². The minimum absolute atomic E-state index is 0.528. The van der Waals surface area contributed by atoms with Crippen LogP contribution >= 0.6 is 20.8 Å². The van der Waals surface area contributed by atoms with Gasteiger partial charge in [0.1, 0.15) is 0 Å². The molecule has 0 aliphatic heterocycles. The van der Waals surface area contributed by atoms with Crippen LogP contribution in [0.2, 0.25) is 0 Å². The molecule has 3 aromatic carbocycles. The SMILES string of the molecule is CCC(O)P(Br)(c1ccccc1C)(c1ccccc1C)c1ccccc1C. The molecule has 1 N–H and O–H groups in total. The van der Waals surface area contributed by atoms with E-state index in [2.05, 4.69) is 116 Å². The van der Waals surface area contributed by atoms with Crippen LogP contribution < -0.4 is 15.9 Å². The van der Waals surface area contributed by atoms with E-state index >= 15 is 0 Å². The summed E-state index contributed by atoms with van der Waals surface area (Å²) >= 11 is 4.38. The molecule has 0 saturated heterocycles. The van der Waals surface area contributed by atoms with Crippen LogP contribution in [-0.4, -0.2) is 11.0 Å². The van der Waals surface area contributed by atoms with Gasteiger partial charge in [-0.05, 0) is 0 Å². The van der Waals surface area contributed by atoms with Crippen LogP contribution in [0.15, 0.2) is 72.8 Å². The van der Waals surface area contributed by atoms with Gasteiger partial charge in [-0.3, -0.25) is 0 Å². The fourth-order valence-corrected chi connectivity index (χ4v) is 14.7. The van der Waals surface area contributed by atoms with Crippen molar-refractivity contribution in [1.29, 1.82) is 0 Å². The summed E-state index contributed by atoms with van der Waals surface area (Å²) in [5.41, 5.74) is 3.60. The van der Waals surface area contributed by atoms with Crippen molar-refractivity contribution in [2.24, 2.45) is 0 Å². The van der Waals surface area contributed by atoms with Crippen molar-refractivity contribution in [2.75, 3.05) is 0 Å². The molecule has 0 aliphatic rings. The molecule has 0 fully saturated rings. The average Bonchev–Trinajstić information content (AvgIpc) is 2.68. The van der Waals surface area contributed by atoms with Crippen molar-refractivity contribution in [3.8, 4) is 0 Å². The summed E-state index contributed by atoms with van der Waals surface area (Å²) in [5.74, 6) is -0.528. The Morgan fingerprint density at radius 3 is 1.26 bits per heavy atom. The van der Waals surface area contributed by atoms with Gasteiger partial charge in [0.05, 0.1) is 0 Å². The molecule has 27 heavy (non-hydrogen) atoms. The zero-order chi connectivity index (χ0) is 19.7. The molecule has 142 valence electrons. The molecule has 0 spiro atoms. The van der Waals surface area contributed by atoms with Crippen molar-refractivity contribution in [3.05, 3.63) is 89.5 Å². The molecule has 0 heterocycles. The topological polar surface area (TPSA) is 20.2 Å². The first kappa shape index (κ1) is 20.3. The second kappa shape index (κ2) is 7.51. The van der Waals surface area contributed by atoms with E-state index in [0.717, 1.165) is 0 Å². The van der Waals surface area contributed by atoms with Gasteiger partial charge in [-0.1, -0.05) is 0 Å². The predicted octanol–water partition coefficient (Wildman–Crippen LogP) is 5.48. The number of aryl methyl sites for hydroxylation is 3. The van der Waals surface area contributed by atoms with Gasteiger partial charge in [0.25, 0.3) is 0 Å². The Morgan fingerprint density at radius 1 is 0.704 bits per heavy atom. The second-order valence-corrected chi connectivity index (χ2v) is 15.9. The Bertz CT molecular complexity index is 852. The summed E-state index contributed by atoms with van der Waals surface area (Å²) in [6, 6.07) is 25.5. The Hall–Kier alpha value is -1.47.